The van der Waals surface area contributed by atoms with Crippen LogP contribution in [0.1, 0.15) is 16.2 Å². The summed E-state index contributed by atoms with van der Waals surface area (Å²) < 4.78 is 11.1. The molecule has 106 valence electrons. The van der Waals surface area contributed by atoms with E-state index < -0.39 is 5.97 Å². The lowest BCUT2D eigenvalue weighted by atomic mass is 10.2. The molecular weight excluding hydrogens is 403 g/mol. The number of hydrogen-bond acceptors (Lipinski definition) is 6. The highest BCUT2D eigenvalue weighted by molar-refractivity contribution is 14.1. The van der Waals surface area contributed by atoms with Gasteiger partial charge in [-0.15, -0.1) is 0 Å². The highest BCUT2D eigenvalue weighted by atomic mass is 127. The number of aromatic nitrogens is 2. The Kier molecular flexibility index (Phi) is 4.30. The Bertz CT molecular complexity index is 755. The Balaban J connectivity index is 1.66. The molecule has 0 spiro atoms. The fourth-order valence-electron chi connectivity index (χ4n) is 1.65. The molecule has 2 aromatic heterocycles. The number of benzene rings is 1. The van der Waals surface area contributed by atoms with Gasteiger partial charge in [0.05, 0.1) is 5.56 Å². The zero-order valence-electron chi connectivity index (χ0n) is 10.7. The number of ether oxygens (including phenoxy) is 1. The zero-order chi connectivity index (χ0) is 14.7. The molecule has 0 aliphatic heterocycles. The van der Waals surface area contributed by atoms with E-state index in [9.17, 15) is 4.79 Å². The molecule has 0 saturated heterocycles. The summed E-state index contributed by atoms with van der Waals surface area (Å²) in [5, 5.41) is 7.71. The minimum Gasteiger partial charge on any atom is -0.452 e. The van der Waals surface area contributed by atoms with Crippen LogP contribution < -0.4 is 0 Å². The van der Waals surface area contributed by atoms with Crippen LogP contribution in [0.25, 0.3) is 11.4 Å². The molecule has 0 unspecified atom stereocenters. The Morgan fingerprint density at radius 3 is 2.95 bits per heavy atom. The predicted octanol–water partition coefficient (Wildman–Crippen LogP) is 3.76. The van der Waals surface area contributed by atoms with Crippen LogP contribution in [0.15, 0.2) is 45.6 Å². The van der Waals surface area contributed by atoms with E-state index in [4.69, 9.17) is 9.26 Å². The van der Waals surface area contributed by atoms with Crippen LogP contribution in [0, 0.1) is 3.57 Å². The molecule has 3 rings (SSSR count). The summed E-state index contributed by atoms with van der Waals surface area (Å²) in [4.78, 5) is 16.1. The van der Waals surface area contributed by atoms with Gasteiger partial charge in [-0.1, -0.05) is 17.3 Å². The lowest BCUT2D eigenvalue weighted by molar-refractivity contribution is 0.0428. The molecule has 0 saturated carbocycles. The number of hydrogen-bond donors (Lipinski definition) is 0. The molecule has 2 heterocycles. The van der Waals surface area contributed by atoms with Gasteiger partial charge in [-0.2, -0.15) is 16.3 Å². The third kappa shape index (κ3) is 3.30. The summed E-state index contributed by atoms with van der Waals surface area (Å²) >= 11 is 3.64. The summed E-state index contributed by atoms with van der Waals surface area (Å²) in [5.41, 5.74) is 1.41. The first-order chi connectivity index (χ1) is 10.2. The fraction of sp³-hybridized carbons (Fsp3) is 0.0714. The smallest absolute Gasteiger partial charge is 0.339 e. The monoisotopic (exact) mass is 412 g/mol. The van der Waals surface area contributed by atoms with Crippen molar-refractivity contribution in [3.05, 3.63) is 56.1 Å². The number of halogens is 1. The molecule has 0 radical (unpaired) electrons. The molecular formula is C14H9IN2O3S. The molecule has 0 amide bonds. The largest absolute Gasteiger partial charge is 0.452 e. The van der Waals surface area contributed by atoms with E-state index in [1.54, 1.807) is 23.5 Å². The maximum atomic E-state index is 12.0. The number of carbonyl (C=O) groups excluding carboxylic acids is 1. The van der Waals surface area contributed by atoms with Crippen LogP contribution in [0.3, 0.4) is 0 Å². The predicted molar refractivity (Wildman–Crippen MR) is 85.9 cm³/mol. The van der Waals surface area contributed by atoms with Gasteiger partial charge in [0.2, 0.25) is 5.82 Å². The van der Waals surface area contributed by atoms with Crippen LogP contribution in [0.4, 0.5) is 0 Å². The number of nitrogens with zero attached hydrogens (tertiary/aromatic N) is 2. The summed E-state index contributed by atoms with van der Waals surface area (Å²) in [6, 6.07) is 9.12. The van der Waals surface area contributed by atoms with Gasteiger partial charge in [0.25, 0.3) is 5.89 Å². The molecule has 21 heavy (non-hydrogen) atoms. The summed E-state index contributed by atoms with van der Waals surface area (Å²) in [7, 11) is 0. The Morgan fingerprint density at radius 2 is 2.19 bits per heavy atom. The van der Waals surface area contributed by atoms with Crippen molar-refractivity contribution < 1.29 is 14.1 Å². The fourth-order valence-corrected chi connectivity index (χ4v) is 2.90. The van der Waals surface area contributed by atoms with E-state index in [1.165, 1.54) is 0 Å². The molecule has 0 fully saturated rings. The van der Waals surface area contributed by atoms with Crippen molar-refractivity contribution in [1.82, 2.24) is 10.1 Å². The van der Waals surface area contributed by atoms with Gasteiger partial charge in [-0.05, 0) is 46.2 Å². The maximum absolute atomic E-state index is 12.0. The van der Waals surface area contributed by atoms with Crippen LogP contribution in [0.2, 0.25) is 0 Å². The second-order valence-electron chi connectivity index (χ2n) is 4.08. The van der Waals surface area contributed by atoms with E-state index in [0.717, 1.165) is 9.13 Å². The van der Waals surface area contributed by atoms with Gasteiger partial charge in [0.1, 0.15) is 0 Å². The van der Waals surface area contributed by atoms with Crippen LogP contribution >= 0.6 is 33.9 Å². The van der Waals surface area contributed by atoms with E-state index in [-0.39, 0.29) is 12.5 Å². The molecule has 1 aromatic carbocycles. The summed E-state index contributed by atoms with van der Waals surface area (Å²) in [6.45, 7) is -0.0407. The Hall–Kier alpha value is -1.74. The minimum atomic E-state index is -0.407. The van der Waals surface area contributed by atoms with Gasteiger partial charge >= 0.3 is 5.97 Å². The van der Waals surface area contributed by atoms with Crippen molar-refractivity contribution in [1.29, 1.82) is 0 Å². The molecule has 5 nitrogen and oxygen atoms in total. The van der Waals surface area contributed by atoms with E-state index in [2.05, 4.69) is 32.7 Å². The molecule has 3 aromatic rings. The van der Waals surface area contributed by atoms with E-state index >= 15 is 0 Å². The van der Waals surface area contributed by atoms with Crippen molar-refractivity contribution >= 4 is 39.9 Å². The van der Waals surface area contributed by atoms with Crippen molar-refractivity contribution in [3.8, 4) is 11.4 Å². The molecule has 0 aliphatic carbocycles. The first-order valence-electron chi connectivity index (χ1n) is 6.01. The number of carbonyl (C=O) groups is 1. The van der Waals surface area contributed by atoms with Crippen LogP contribution in [-0.2, 0) is 11.3 Å². The Labute approximate surface area is 138 Å². The standard InChI is InChI=1S/C14H9IN2O3S/c15-11-4-2-1-3-10(11)14(18)19-7-12-16-13(17-20-12)9-5-6-21-8-9/h1-6,8H,7H2. The lowest BCUT2D eigenvalue weighted by Crippen LogP contribution is -2.07. The number of esters is 1. The molecule has 0 N–H and O–H groups in total. The molecule has 7 heteroatoms. The van der Waals surface area contributed by atoms with Gasteiger partial charge in [0.15, 0.2) is 6.61 Å². The van der Waals surface area contributed by atoms with E-state index in [1.807, 2.05) is 29.0 Å². The van der Waals surface area contributed by atoms with Crippen molar-refractivity contribution in [3.63, 3.8) is 0 Å². The van der Waals surface area contributed by atoms with Crippen LogP contribution in [-0.4, -0.2) is 16.1 Å². The second kappa shape index (κ2) is 6.35. The van der Waals surface area contributed by atoms with Gasteiger partial charge < -0.3 is 9.26 Å². The topological polar surface area (TPSA) is 65.2 Å². The molecule has 0 atom stereocenters. The minimum absolute atomic E-state index is 0.0407. The SMILES string of the molecule is O=C(OCc1nc(-c2ccsc2)no1)c1ccccc1I. The number of rotatable bonds is 4. The van der Waals surface area contributed by atoms with Crippen molar-refractivity contribution in [2.75, 3.05) is 0 Å². The average Bonchev–Trinajstić information content (AvgIpc) is 3.16. The first-order valence-corrected chi connectivity index (χ1v) is 8.03. The van der Waals surface area contributed by atoms with Crippen LogP contribution in [0.5, 0.6) is 0 Å². The van der Waals surface area contributed by atoms with E-state index in [0.29, 0.717) is 11.4 Å². The third-order valence-electron chi connectivity index (χ3n) is 2.67. The quantitative estimate of drug-likeness (QED) is 0.483. The van der Waals surface area contributed by atoms with Crippen molar-refractivity contribution in [2.45, 2.75) is 6.61 Å². The van der Waals surface area contributed by atoms with Gasteiger partial charge in [-0.25, -0.2) is 4.79 Å². The summed E-state index contributed by atoms with van der Waals surface area (Å²) in [6.07, 6.45) is 0. The van der Waals surface area contributed by atoms with Gasteiger partial charge in [0, 0.05) is 14.5 Å². The Morgan fingerprint density at radius 1 is 1.33 bits per heavy atom. The number of thiophene rings is 1. The highest BCUT2D eigenvalue weighted by Gasteiger charge is 2.14. The highest BCUT2D eigenvalue weighted by Crippen LogP contribution is 2.19. The lowest BCUT2D eigenvalue weighted by Gasteiger charge is -2.03. The summed E-state index contributed by atoms with van der Waals surface area (Å²) in [5.74, 6) is 0.363. The van der Waals surface area contributed by atoms with Gasteiger partial charge in [-0.3, -0.25) is 0 Å². The first kappa shape index (κ1) is 14.2. The normalized spacial score (nSPS) is 10.5. The second-order valence-corrected chi connectivity index (χ2v) is 6.02. The maximum Gasteiger partial charge on any atom is 0.339 e. The molecule has 0 bridgehead atoms. The van der Waals surface area contributed by atoms with Crippen molar-refractivity contribution in [2.24, 2.45) is 0 Å². The third-order valence-corrected chi connectivity index (χ3v) is 4.29. The average molecular weight is 412 g/mol. The zero-order valence-corrected chi connectivity index (χ0v) is 13.6. The molecule has 0 aliphatic rings.